The van der Waals surface area contributed by atoms with Gasteiger partial charge in [0.05, 0.1) is 13.2 Å². The first kappa shape index (κ1) is 13.0. The molecule has 0 aliphatic rings. The number of methoxy groups -OCH3 is 1. The van der Waals surface area contributed by atoms with Gasteiger partial charge in [0.2, 0.25) is 0 Å². The Morgan fingerprint density at radius 2 is 1.94 bits per heavy atom. The number of hydrogen-bond donors (Lipinski definition) is 1. The van der Waals surface area contributed by atoms with E-state index in [1.54, 1.807) is 13.2 Å². The van der Waals surface area contributed by atoms with Crippen molar-refractivity contribution >= 4 is 11.6 Å². The highest BCUT2D eigenvalue weighted by Crippen LogP contribution is 2.27. The quantitative estimate of drug-likeness (QED) is 0.896. The number of benzene rings is 1. The molecule has 1 unspecified atom stereocenters. The molecule has 3 nitrogen and oxygen atoms in total. The Morgan fingerprint density at radius 3 is 2.44 bits per heavy atom. The zero-order valence-corrected chi connectivity index (χ0v) is 11.2. The van der Waals surface area contributed by atoms with Gasteiger partial charge in [-0.05, 0) is 48.0 Å². The van der Waals surface area contributed by atoms with Crippen molar-refractivity contribution in [2.24, 2.45) is 0 Å². The molecule has 2 aromatic rings. The summed E-state index contributed by atoms with van der Waals surface area (Å²) < 4.78 is 10.6. The molecule has 18 heavy (non-hydrogen) atoms. The molecule has 1 aromatic carbocycles. The smallest absolute Gasteiger partial charge is 0.193 e. The van der Waals surface area contributed by atoms with Crippen molar-refractivity contribution in [3.05, 3.63) is 52.9 Å². The predicted molar refractivity (Wildman–Crippen MR) is 72.2 cm³/mol. The summed E-state index contributed by atoms with van der Waals surface area (Å²) in [5, 5.41) is 3.78. The van der Waals surface area contributed by atoms with Gasteiger partial charge in [0, 0.05) is 0 Å². The minimum absolute atomic E-state index is 0.00778. The van der Waals surface area contributed by atoms with Crippen molar-refractivity contribution in [2.75, 3.05) is 13.7 Å². The SMILES string of the molecule is CCNC(c1ccc(OC)cc1)c1ccc(Cl)o1. The van der Waals surface area contributed by atoms with Gasteiger partial charge in [-0.15, -0.1) is 0 Å². The van der Waals surface area contributed by atoms with E-state index in [9.17, 15) is 0 Å². The van der Waals surface area contributed by atoms with E-state index in [0.29, 0.717) is 5.22 Å². The fourth-order valence-corrected chi connectivity index (χ4v) is 2.02. The monoisotopic (exact) mass is 265 g/mol. The number of furan rings is 1. The normalized spacial score (nSPS) is 12.4. The second-order valence-electron chi connectivity index (χ2n) is 3.91. The number of hydrogen-bond acceptors (Lipinski definition) is 3. The maximum Gasteiger partial charge on any atom is 0.193 e. The van der Waals surface area contributed by atoms with E-state index < -0.39 is 0 Å². The van der Waals surface area contributed by atoms with Crippen molar-refractivity contribution in [3.8, 4) is 5.75 Å². The molecular formula is C14H16ClNO2. The van der Waals surface area contributed by atoms with Crippen LogP contribution in [0.3, 0.4) is 0 Å². The van der Waals surface area contributed by atoms with Gasteiger partial charge in [0.15, 0.2) is 5.22 Å². The van der Waals surface area contributed by atoms with Gasteiger partial charge in [-0.2, -0.15) is 0 Å². The van der Waals surface area contributed by atoms with E-state index in [0.717, 1.165) is 23.6 Å². The summed E-state index contributed by atoms with van der Waals surface area (Å²) in [6, 6.07) is 11.6. The zero-order chi connectivity index (χ0) is 13.0. The fourth-order valence-electron chi connectivity index (χ4n) is 1.87. The van der Waals surface area contributed by atoms with Crippen molar-refractivity contribution in [2.45, 2.75) is 13.0 Å². The summed E-state index contributed by atoms with van der Waals surface area (Å²) in [5.74, 6) is 1.65. The Kier molecular flexibility index (Phi) is 4.28. The number of rotatable bonds is 5. The molecule has 0 aliphatic carbocycles. The van der Waals surface area contributed by atoms with Crippen molar-refractivity contribution < 1.29 is 9.15 Å². The van der Waals surface area contributed by atoms with E-state index in [1.165, 1.54) is 0 Å². The van der Waals surface area contributed by atoms with Gasteiger partial charge in [-0.3, -0.25) is 0 Å². The van der Waals surface area contributed by atoms with Crippen LogP contribution in [0.1, 0.15) is 24.3 Å². The average Bonchev–Trinajstić information content (AvgIpc) is 2.82. The molecule has 1 N–H and O–H groups in total. The first-order valence-corrected chi connectivity index (χ1v) is 6.25. The standard InChI is InChI=1S/C14H16ClNO2/c1-3-16-14(12-8-9-13(15)18-12)10-4-6-11(17-2)7-5-10/h4-9,14,16H,3H2,1-2H3. The van der Waals surface area contributed by atoms with E-state index >= 15 is 0 Å². The summed E-state index contributed by atoms with van der Waals surface area (Å²) in [6.45, 7) is 2.90. The molecule has 0 fully saturated rings. The highest BCUT2D eigenvalue weighted by Gasteiger charge is 2.16. The van der Waals surface area contributed by atoms with E-state index in [4.69, 9.17) is 20.8 Å². The van der Waals surface area contributed by atoms with Crippen LogP contribution >= 0.6 is 11.6 Å². The fraction of sp³-hybridized carbons (Fsp3) is 0.286. The van der Waals surface area contributed by atoms with Gasteiger partial charge in [-0.1, -0.05) is 19.1 Å². The molecule has 1 heterocycles. The van der Waals surface area contributed by atoms with Gasteiger partial charge in [-0.25, -0.2) is 0 Å². The molecule has 0 spiro atoms. The average molecular weight is 266 g/mol. The van der Waals surface area contributed by atoms with Crippen molar-refractivity contribution in [1.82, 2.24) is 5.32 Å². The van der Waals surface area contributed by atoms with Crippen LogP contribution in [0, 0.1) is 0 Å². The first-order valence-electron chi connectivity index (χ1n) is 5.87. The molecule has 0 bridgehead atoms. The van der Waals surface area contributed by atoms with Crippen molar-refractivity contribution in [3.63, 3.8) is 0 Å². The molecular weight excluding hydrogens is 250 g/mol. The molecule has 0 saturated carbocycles. The topological polar surface area (TPSA) is 34.4 Å². The lowest BCUT2D eigenvalue weighted by atomic mass is 10.0. The summed E-state index contributed by atoms with van der Waals surface area (Å²) in [6.07, 6.45) is 0. The lowest BCUT2D eigenvalue weighted by Crippen LogP contribution is -2.21. The summed E-state index contributed by atoms with van der Waals surface area (Å²) in [4.78, 5) is 0. The first-order chi connectivity index (χ1) is 8.74. The minimum Gasteiger partial charge on any atom is -0.497 e. The molecule has 4 heteroatoms. The molecule has 1 atom stereocenters. The van der Waals surface area contributed by atoms with Crippen LogP contribution in [0.25, 0.3) is 0 Å². The summed E-state index contributed by atoms with van der Waals surface area (Å²) in [7, 11) is 1.66. The third-order valence-corrected chi connectivity index (χ3v) is 2.94. The Balaban J connectivity index is 2.28. The maximum absolute atomic E-state index is 5.83. The lowest BCUT2D eigenvalue weighted by Gasteiger charge is -2.16. The zero-order valence-electron chi connectivity index (χ0n) is 10.4. The molecule has 0 amide bonds. The predicted octanol–water partition coefficient (Wildman–Crippen LogP) is 3.64. The van der Waals surface area contributed by atoms with Crippen LogP contribution in [-0.4, -0.2) is 13.7 Å². The third kappa shape index (κ3) is 2.86. The minimum atomic E-state index is 0.00778. The lowest BCUT2D eigenvalue weighted by molar-refractivity contribution is 0.414. The van der Waals surface area contributed by atoms with Gasteiger partial charge in [0.1, 0.15) is 11.5 Å². The Hall–Kier alpha value is -1.45. The molecule has 96 valence electrons. The van der Waals surface area contributed by atoms with Crippen LogP contribution in [-0.2, 0) is 0 Å². The Labute approximate surface area is 112 Å². The molecule has 0 saturated heterocycles. The highest BCUT2D eigenvalue weighted by atomic mass is 35.5. The number of halogens is 1. The maximum atomic E-state index is 5.83. The second-order valence-corrected chi connectivity index (χ2v) is 4.28. The largest absolute Gasteiger partial charge is 0.497 e. The summed E-state index contributed by atoms with van der Waals surface area (Å²) >= 11 is 5.83. The van der Waals surface area contributed by atoms with E-state index in [2.05, 4.69) is 12.2 Å². The third-order valence-electron chi connectivity index (χ3n) is 2.74. The second kappa shape index (κ2) is 5.94. The Bertz CT molecular complexity index is 493. The molecule has 2 rings (SSSR count). The van der Waals surface area contributed by atoms with Gasteiger partial charge < -0.3 is 14.5 Å². The van der Waals surface area contributed by atoms with E-state index in [1.807, 2.05) is 30.3 Å². The molecule has 1 aromatic heterocycles. The van der Waals surface area contributed by atoms with Crippen LogP contribution in [0.4, 0.5) is 0 Å². The van der Waals surface area contributed by atoms with Crippen LogP contribution in [0.15, 0.2) is 40.8 Å². The van der Waals surface area contributed by atoms with Crippen LogP contribution in [0.5, 0.6) is 5.75 Å². The number of ether oxygens (including phenoxy) is 1. The highest BCUT2D eigenvalue weighted by molar-refractivity contribution is 6.28. The molecule has 0 radical (unpaired) electrons. The van der Waals surface area contributed by atoms with Crippen LogP contribution < -0.4 is 10.1 Å². The molecule has 0 aliphatic heterocycles. The van der Waals surface area contributed by atoms with Gasteiger partial charge >= 0.3 is 0 Å². The van der Waals surface area contributed by atoms with Gasteiger partial charge in [0.25, 0.3) is 0 Å². The summed E-state index contributed by atoms with van der Waals surface area (Å²) in [5.41, 5.74) is 1.11. The number of nitrogens with one attached hydrogen (secondary N) is 1. The van der Waals surface area contributed by atoms with Crippen molar-refractivity contribution in [1.29, 1.82) is 0 Å². The van der Waals surface area contributed by atoms with E-state index in [-0.39, 0.29) is 6.04 Å². The Morgan fingerprint density at radius 1 is 1.22 bits per heavy atom. The van der Waals surface area contributed by atoms with Crippen LogP contribution in [0.2, 0.25) is 5.22 Å².